The van der Waals surface area contributed by atoms with Crippen LogP contribution >= 0.6 is 24.2 Å². The Labute approximate surface area is 157 Å². The average molecular weight is 419 g/mol. The standard InChI is InChI=1S/C16H16F6N2S.ClH/c1-14(2,3)12-7-11(25-13(23)24-12)8-4-9(15(17,18)19)6-10(5-8)16(20,21)22;/h4-7,11H,1-3H3,(H2,23,24);1H. The molecule has 0 amide bonds. The number of alkyl halides is 6. The Morgan fingerprint density at radius 2 is 1.38 bits per heavy atom. The van der Waals surface area contributed by atoms with E-state index in [9.17, 15) is 26.3 Å². The summed E-state index contributed by atoms with van der Waals surface area (Å²) in [6, 6.07) is 1.56. The molecule has 2 nitrogen and oxygen atoms in total. The summed E-state index contributed by atoms with van der Waals surface area (Å²) in [5.74, 6) is 0. The molecule has 1 unspecified atom stereocenters. The van der Waals surface area contributed by atoms with Crippen molar-refractivity contribution in [2.45, 2.75) is 38.4 Å². The molecule has 146 valence electrons. The van der Waals surface area contributed by atoms with Crippen molar-refractivity contribution in [2.75, 3.05) is 0 Å². The van der Waals surface area contributed by atoms with E-state index in [1.807, 2.05) is 20.8 Å². The van der Waals surface area contributed by atoms with Crippen LogP contribution in [0.5, 0.6) is 0 Å². The molecule has 1 aromatic rings. The third-order valence-corrected chi connectivity index (χ3v) is 4.49. The van der Waals surface area contributed by atoms with E-state index in [1.54, 1.807) is 6.08 Å². The summed E-state index contributed by atoms with van der Waals surface area (Å²) in [5.41, 5.74) is 2.99. The third kappa shape index (κ3) is 5.33. The number of thioether (sulfide) groups is 1. The zero-order valence-corrected chi connectivity index (χ0v) is 15.6. The molecule has 10 heteroatoms. The molecule has 1 heterocycles. The summed E-state index contributed by atoms with van der Waals surface area (Å²) in [5, 5.41) is -0.682. The molecule has 0 aliphatic carbocycles. The quantitative estimate of drug-likeness (QED) is 0.553. The van der Waals surface area contributed by atoms with Crippen molar-refractivity contribution in [2.24, 2.45) is 16.1 Å². The molecule has 0 radical (unpaired) electrons. The van der Waals surface area contributed by atoms with Crippen LogP contribution < -0.4 is 5.73 Å². The van der Waals surface area contributed by atoms with Gasteiger partial charge in [0.25, 0.3) is 0 Å². The second kappa shape index (κ2) is 7.34. The summed E-state index contributed by atoms with van der Waals surface area (Å²) in [7, 11) is 0. The van der Waals surface area contributed by atoms with Gasteiger partial charge in [0, 0.05) is 11.1 Å². The van der Waals surface area contributed by atoms with Crippen LogP contribution in [-0.4, -0.2) is 5.17 Å². The van der Waals surface area contributed by atoms with Crippen molar-refractivity contribution in [1.82, 2.24) is 0 Å². The number of rotatable bonds is 1. The van der Waals surface area contributed by atoms with E-state index in [2.05, 4.69) is 4.99 Å². The molecule has 1 aliphatic rings. The van der Waals surface area contributed by atoms with Gasteiger partial charge in [0.2, 0.25) is 0 Å². The van der Waals surface area contributed by atoms with E-state index < -0.39 is 34.1 Å². The minimum atomic E-state index is -4.88. The van der Waals surface area contributed by atoms with Crippen molar-refractivity contribution in [3.63, 3.8) is 0 Å². The summed E-state index contributed by atoms with van der Waals surface area (Å²) in [6.07, 6.45) is -8.21. The monoisotopic (exact) mass is 418 g/mol. The van der Waals surface area contributed by atoms with E-state index in [0.717, 1.165) is 23.9 Å². The minimum Gasteiger partial charge on any atom is -0.378 e. The Balaban J connectivity index is 0.00000338. The molecule has 1 atom stereocenters. The molecule has 26 heavy (non-hydrogen) atoms. The zero-order valence-electron chi connectivity index (χ0n) is 14.0. The van der Waals surface area contributed by atoms with Crippen molar-refractivity contribution in [3.8, 4) is 0 Å². The number of aliphatic imine (C=N–C) groups is 1. The lowest BCUT2D eigenvalue weighted by atomic mass is 9.90. The van der Waals surface area contributed by atoms with Gasteiger partial charge in [-0.3, -0.25) is 0 Å². The molecule has 0 spiro atoms. The van der Waals surface area contributed by atoms with E-state index >= 15 is 0 Å². The van der Waals surface area contributed by atoms with Crippen LogP contribution in [0.1, 0.15) is 42.7 Å². The Hall–Kier alpha value is -1.35. The third-order valence-electron chi connectivity index (χ3n) is 3.49. The molecule has 0 saturated carbocycles. The first-order valence-electron chi connectivity index (χ1n) is 7.20. The number of halogens is 7. The van der Waals surface area contributed by atoms with E-state index in [4.69, 9.17) is 5.73 Å². The van der Waals surface area contributed by atoms with Gasteiger partial charge in [0.15, 0.2) is 5.17 Å². The molecule has 0 bridgehead atoms. The lowest BCUT2D eigenvalue weighted by molar-refractivity contribution is -0.143. The van der Waals surface area contributed by atoms with Crippen LogP contribution in [0.25, 0.3) is 0 Å². The topological polar surface area (TPSA) is 38.4 Å². The van der Waals surface area contributed by atoms with Crippen LogP contribution in [0.4, 0.5) is 26.3 Å². The maximum atomic E-state index is 13.0. The predicted octanol–water partition coefficient (Wildman–Crippen LogP) is 6.18. The van der Waals surface area contributed by atoms with E-state index in [0.29, 0.717) is 5.70 Å². The SMILES string of the molecule is CC(C)(C)C1=CC(c2cc(C(F)(F)F)cc(C(F)(F)F)c2)SC(N)=N1.Cl. The van der Waals surface area contributed by atoms with Gasteiger partial charge in [-0.05, 0) is 29.8 Å². The van der Waals surface area contributed by atoms with Gasteiger partial charge in [-0.1, -0.05) is 32.5 Å². The van der Waals surface area contributed by atoms with Crippen molar-refractivity contribution >= 4 is 29.3 Å². The fourth-order valence-electron chi connectivity index (χ4n) is 2.22. The van der Waals surface area contributed by atoms with Gasteiger partial charge in [0.1, 0.15) is 0 Å². The fraction of sp³-hybridized carbons (Fsp3) is 0.438. The number of hydrogen-bond acceptors (Lipinski definition) is 3. The van der Waals surface area contributed by atoms with Crippen LogP contribution in [0.2, 0.25) is 0 Å². The maximum Gasteiger partial charge on any atom is 0.416 e. The first-order chi connectivity index (χ1) is 11.2. The summed E-state index contributed by atoms with van der Waals surface area (Å²) < 4.78 is 78.0. The van der Waals surface area contributed by atoms with Gasteiger partial charge in [-0.2, -0.15) is 26.3 Å². The van der Waals surface area contributed by atoms with Crippen LogP contribution in [0, 0.1) is 5.41 Å². The maximum absolute atomic E-state index is 13.0. The molecule has 1 aliphatic heterocycles. The van der Waals surface area contributed by atoms with Gasteiger partial charge in [-0.25, -0.2) is 4.99 Å². The summed E-state index contributed by atoms with van der Waals surface area (Å²) in [4.78, 5) is 4.15. The number of allylic oxidation sites excluding steroid dienone is 1. The van der Waals surface area contributed by atoms with Crippen LogP contribution in [0.3, 0.4) is 0 Å². The second-order valence-corrected chi connectivity index (χ2v) is 7.79. The molecule has 2 N–H and O–H groups in total. The van der Waals surface area contributed by atoms with Crippen molar-refractivity contribution in [3.05, 3.63) is 46.7 Å². The summed E-state index contributed by atoms with van der Waals surface area (Å²) >= 11 is 0.915. The average Bonchev–Trinajstić information content (AvgIpc) is 2.43. The predicted molar refractivity (Wildman–Crippen MR) is 93.2 cm³/mol. The second-order valence-electron chi connectivity index (χ2n) is 6.63. The fourth-order valence-corrected chi connectivity index (χ4v) is 3.10. The van der Waals surface area contributed by atoms with Crippen LogP contribution in [-0.2, 0) is 12.4 Å². The molecule has 2 rings (SSSR count). The van der Waals surface area contributed by atoms with Gasteiger partial charge < -0.3 is 5.73 Å². The summed E-state index contributed by atoms with van der Waals surface area (Å²) in [6.45, 7) is 5.49. The number of hydrogen-bond donors (Lipinski definition) is 1. The lowest BCUT2D eigenvalue weighted by Crippen LogP contribution is -2.19. The highest BCUT2D eigenvalue weighted by Gasteiger charge is 2.38. The molecule has 0 fully saturated rings. The highest BCUT2D eigenvalue weighted by molar-refractivity contribution is 8.14. The van der Waals surface area contributed by atoms with Gasteiger partial charge in [-0.15, -0.1) is 12.4 Å². The molecule has 0 saturated heterocycles. The molecule has 1 aromatic carbocycles. The Morgan fingerprint density at radius 3 is 1.77 bits per heavy atom. The first-order valence-corrected chi connectivity index (χ1v) is 8.08. The lowest BCUT2D eigenvalue weighted by Gasteiger charge is -2.27. The van der Waals surface area contributed by atoms with Crippen LogP contribution in [0.15, 0.2) is 35.0 Å². The zero-order chi connectivity index (χ0) is 19.2. The largest absolute Gasteiger partial charge is 0.416 e. The first kappa shape index (κ1) is 22.7. The van der Waals surface area contributed by atoms with Crippen molar-refractivity contribution in [1.29, 1.82) is 0 Å². The molecule has 0 aromatic heterocycles. The van der Waals surface area contributed by atoms with E-state index in [-0.39, 0.29) is 29.2 Å². The Morgan fingerprint density at radius 1 is 0.923 bits per heavy atom. The minimum absolute atomic E-state index is 0. The number of amidine groups is 1. The molecular weight excluding hydrogens is 402 g/mol. The Kier molecular flexibility index (Phi) is 6.41. The highest BCUT2D eigenvalue weighted by atomic mass is 35.5. The highest BCUT2D eigenvalue weighted by Crippen LogP contribution is 2.43. The number of benzene rings is 1. The van der Waals surface area contributed by atoms with Crippen molar-refractivity contribution < 1.29 is 26.3 Å². The van der Waals surface area contributed by atoms with Gasteiger partial charge in [0.05, 0.1) is 16.4 Å². The van der Waals surface area contributed by atoms with E-state index in [1.165, 1.54) is 0 Å². The smallest absolute Gasteiger partial charge is 0.378 e. The number of nitrogens with zero attached hydrogens (tertiary/aromatic N) is 1. The normalized spacial score (nSPS) is 18.7. The Bertz CT molecular complexity index is 699. The van der Waals surface area contributed by atoms with Gasteiger partial charge >= 0.3 is 12.4 Å². The molecular formula is C16H17ClF6N2S. The number of nitrogens with two attached hydrogens (primary N) is 1.